The zero-order chi connectivity index (χ0) is 31.2. The van der Waals surface area contributed by atoms with E-state index in [1.807, 2.05) is 13.8 Å². The predicted molar refractivity (Wildman–Crippen MR) is 155 cm³/mol. The summed E-state index contributed by atoms with van der Waals surface area (Å²) in [5, 5.41) is 27.0. The molecule has 3 amide bonds. The quantitative estimate of drug-likeness (QED) is 0.0610. The molecule has 1 heterocycles. The first-order valence-corrected chi connectivity index (χ1v) is 13.6. The van der Waals surface area contributed by atoms with Gasteiger partial charge in [-0.15, -0.1) is 0 Å². The number of benzene rings is 1. The van der Waals surface area contributed by atoms with Crippen molar-refractivity contribution in [2.45, 2.75) is 70.1 Å². The van der Waals surface area contributed by atoms with Crippen LogP contribution in [0.2, 0.25) is 0 Å². The molecule has 0 aliphatic heterocycles. The van der Waals surface area contributed by atoms with Crippen LogP contribution in [0.5, 0.6) is 5.75 Å². The van der Waals surface area contributed by atoms with Crippen LogP contribution in [-0.2, 0) is 32.0 Å². The van der Waals surface area contributed by atoms with Gasteiger partial charge in [0, 0.05) is 31.3 Å². The first-order chi connectivity index (χ1) is 19.8. The molecule has 2 rings (SSSR count). The number of guanidine groups is 1. The van der Waals surface area contributed by atoms with E-state index in [1.165, 1.54) is 24.7 Å². The third-order valence-corrected chi connectivity index (χ3v) is 6.24. The summed E-state index contributed by atoms with van der Waals surface area (Å²) in [7, 11) is 0. The smallest absolute Gasteiger partial charge is 0.326 e. The molecule has 12 N–H and O–H groups in total. The van der Waals surface area contributed by atoms with Crippen molar-refractivity contribution >= 4 is 29.7 Å². The van der Waals surface area contributed by atoms with Gasteiger partial charge in [-0.25, -0.2) is 9.78 Å². The topological polar surface area (TPSA) is 264 Å². The van der Waals surface area contributed by atoms with Crippen LogP contribution in [0.15, 0.2) is 41.8 Å². The number of carbonyl (C=O) groups is 4. The molecule has 4 atom stereocenters. The Morgan fingerprint density at radius 1 is 0.952 bits per heavy atom. The van der Waals surface area contributed by atoms with Crippen LogP contribution in [-0.4, -0.2) is 80.5 Å². The van der Waals surface area contributed by atoms with E-state index >= 15 is 0 Å². The molecule has 42 heavy (non-hydrogen) atoms. The molecule has 1 aromatic heterocycles. The number of carbonyl (C=O) groups excluding carboxylic acids is 3. The van der Waals surface area contributed by atoms with Gasteiger partial charge >= 0.3 is 5.97 Å². The summed E-state index contributed by atoms with van der Waals surface area (Å²) >= 11 is 0. The van der Waals surface area contributed by atoms with E-state index in [-0.39, 0.29) is 43.4 Å². The van der Waals surface area contributed by atoms with Crippen LogP contribution >= 0.6 is 0 Å². The maximum absolute atomic E-state index is 13.4. The van der Waals surface area contributed by atoms with Crippen molar-refractivity contribution in [2.75, 3.05) is 6.54 Å². The van der Waals surface area contributed by atoms with Gasteiger partial charge in [0.25, 0.3) is 0 Å². The number of phenolic OH excluding ortho intramolecular Hbond substituents is 1. The number of H-pyrrole nitrogens is 1. The second kappa shape index (κ2) is 16.6. The molecule has 0 bridgehead atoms. The van der Waals surface area contributed by atoms with Crippen molar-refractivity contribution in [3.8, 4) is 5.75 Å². The highest BCUT2D eigenvalue weighted by Gasteiger charge is 2.31. The molecule has 15 nitrogen and oxygen atoms in total. The third-order valence-electron chi connectivity index (χ3n) is 6.24. The minimum Gasteiger partial charge on any atom is -0.508 e. The normalized spacial score (nSPS) is 13.8. The first kappa shape index (κ1) is 33.5. The Morgan fingerprint density at radius 2 is 1.57 bits per heavy atom. The van der Waals surface area contributed by atoms with Crippen LogP contribution in [0.1, 0.15) is 44.4 Å². The number of nitrogens with two attached hydrogens (primary N) is 3. The third kappa shape index (κ3) is 11.8. The lowest BCUT2D eigenvalue weighted by Gasteiger charge is -2.25. The number of aromatic nitrogens is 2. The molecule has 0 fully saturated rings. The number of nitrogens with zero attached hydrogens (tertiary/aromatic N) is 2. The predicted octanol–water partition coefficient (Wildman–Crippen LogP) is -1.13. The van der Waals surface area contributed by atoms with E-state index in [4.69, 9.17) is 17.2 Å². The standard InChI is InChI=1S/C27H41N9O6/c1-15(2)10-19(28)23(38)34-20(4-3-9-32-27(29)30)24(39)35-21(12-17-13-31-14-33-17)25(40)36-22(26(41)42)11-16-5-7-18(37)8-6-16/h5-8,13-15,19-22,37H,3-4,9-12,28H2,1-2H3,(H,31,33)(H,34,38)(H,35,39)(H,36,40)(H,41,42)(H4,29,30,32). The molecule has 2 aromatic rings. The van der Waals surface area contributed by atoms with E-state index in [0.29, 0.717) is 24.1 Å². The maximum atomic E-state index is 13.4. The molecule has 1 aromatic carbocycles. The molecule has 0 aliphatic rings. The molecule has 15 heteroatoms. The molecule has 230 valence electrons. The number of amides is 3. The molecule has 0 saturated heterocycles. The fraction of sp³-hybridized carbons (Fsp3) is 0.481. The average molecular weight is 588 g/mol. The summed E-state index contributed by atoms with van der Waals surface area (Å²) < 4.78 is 0. The summed E-state index contributed by atoms with van der Waals surface area (Å²) in [5.41, 5.74) is 17.8. The van der Waals surface area contributed by atoms with Crippen molar-refractivity contribution < 1.29 is 29.4 Å². The summed E-state index contributed by atoms with van der Waals surface area (Å²) in [6.07, 6.45) is 3.64. The van der Waals surface area contributed by atoms with E-state index < -0.39 is 47.9 Å². The van der Waals surface area contributed by atoms with E-state index in [2.05, 4.69) is 30.9 Å². The van der Waals surface area contributed by atoms with Gasteiger partial charge in [-0.3, -0.25) is 19.4 Å². The van der Waals surface area contributed by atoms with Crippen LogP contribution in [0, 0.1) is 5.92 Å². The lowest BCUT2D eigenvalue weighted by atomic mass is 10.0. The van der Waals surface area contributed by atoms with Gasteiger partial charge in [0.15, 0.2) is 5.96 Å². The molecule has 0 spiro atoms. The number of nitrogens with one attached hydrogen (secondary N) is 4. The maximum Gasteiger partial charge on any atom is 0.326 e. The number of aliphatic imine (C=N–C) groups is 1. The number of aromatic hydroxyl groups is 1. The van der Waals surface area contributed by atoms with Gasteiger partial charge in [0.2, 0.25) is 17.7 Å². The Morgan fingerprint density at radius 3 is 2.14 bits per heavy atom. The van der Waals surface area contributed by atoms with E-state index in [0.717, 1.165) is 0 Å². The lowest BCUT2D eigenvalue weighted by molar-refractivity contribution is -0.142. The first-order valence-electron chi connectivity index (χ1n) is 13.6. The largest absolute Gasteiger partial charge is 0.508 e. The lowest BCUT2D eigenvalue weighted by Crippen LogP contribution is -2.58. The Balaban J connectivity index is 2.23. The zero-order valence-corrected chi connectivity index (χ0v) is 23.7. The molecule has 0 aliphatic carbocycles. The Kier molecular flexibility index (Phi) is 13.2. The van der Waals surface area contributed by atoms with Crippen LogP contribution in [0.25, 0.3) is 0 Å². The van der Waals surface area contributed by atoms with Gasteiger partial charge in [-0.05, 0) is 42.9 Å². The van der Waals surface area contributed by atoms with Gasteiger partial charge < -0.3 is 48.3 Å². The second-order valence-electron chi connectivity index (χ2n) is 10.4. The summed E-state index contributed by atoms with van der Waals surface area (Å²) in [4.78, 5) is 62.2. The van der Waals surface area contributed by atoms with Crippen LogP contribution < -0.4 is 33.2 Å². The summed E-state index contributed by atoms with van der Waals surface area (Å²) in [6.45, 7) is 4.03. The number of aromatic amines is 1. The van der Waals surface area contributed by atoms with E-state index in [9.17, 15) is 29.4 Å². The Hall–Kier alpha value is -4.66. The molecule has 0 saturated carbocycles. The molecular formula is C27H41N9O6. The fourth-order valence-electron chi connectivity index (χ4n) is 4.10. The number of hydrogen-bond donors (Lipinski definition) is 9. The number of carboxylic acids is 1. The number of imidazole rings is 1. The second-order valence-corrected chi connectivity index (χ2v) is 10.4. The Labute approximate surface area is 243 Å². The highest BCUT2D eigenvalue weighted by atomic mass is 16.4. The average Bonchev–Trinajstić information content (AvgIpc) is 3.43. The zero-order valence-electron chi connectivity index (χ0n) is 23.7. The Bertz CT molecular complexity index is 1200. The van der Waals surface area contributed by atoms with E-state index in [1.54, 1.807) is 12.1 Å². The van der Waals surface area contributed by atoms with Crippen molar-refractivity contribution in [1.82, 2.24) is 25.9 Å². The van der Waals surface area contributed by atoms with Crippen LogP contribution in [0.4, 0.5) is 0 Å². The number of carboxylic acid groups (broad SMARTS) is 1. The molecule has 4 unspecified atom stereocenters. The minimum absolute atomic E-state index is 0.0158. The fourth-order valence-corrected chi connectivity index (χ4v) is 4.10. The minimum atomic E-state index is -1.33. The van der Waals surface area contributed by atoms with Gasteiger partial charge in [-0.1, -0.05) is 26.0 Å². The highest BCUT2D eigenvalue weighted by Crippen LogP contribution is 2.12. The number of rotatable bonds is 17. The SMILES string of the molecule is CC(C)CC(N)C(=O)NC(CCCN=C(N)N)C(=O)NC(Cc1cnc[nH]1)C(=O)NC(Cc1ccc(O)cc1)C(=O)O. The van der Waals surface area contributed by atoms with Crippen molar-refractivity contribution in [3.05, 3.63) is 48.0 Å². The molecular weight excluding hydrogens is 546 g/mol. The highest BCUT2D eigenvalue weighted by molar-refractivity contribution is 5.94. The van der Waals surface area contributed by atoms with Crippen molar-refractivity contribution in [1.29, 1.82) is 0 Å². The number of hydrogen-bond acceptors (Lipinski definition) is 8. The molecule has 0 radical (unpaired) electrons. The summed E-state index contributed by atoms with van der Waals surface area (Å²) in [6, 6.07) is 1.43. The summed E-state index contributed by atoms with van der Waals surface area (Å²) in [5.74, 6) is -3.20. The van der Waals surface area contributed by atoms with Gasteiger partial charge in [-0.2, -0.15) is 0 Å². The monoisotopic (exact) mass is 587 g/mol. The van der Waals surface area contributed by atoms with Crippen molar-refractivity contribution in [2.24, 2.45) is 28.1 Å². The number of phenols is 1. The van der Waals surface area contributed by atoms with Crippen LogP contribution in [0.3, 0.4) is 0 Å². The number of aliphatic carboxylic acids is 1. The van der Waals surface area contributed by atoms with Gasteiger partial charge in [0.1, 0.15) is 23.9 Å². The van der Waals surface area contributed by atoms with Gasteiger partial charge in [0.05, 0.1) is 12.4 Å². The van der Waals surface area contributed by atoms with Crippen molar-refractivity contribution in [3.63, 3.8) is 0 Å².